The van der Waals surface area contributed by atoms with E-state index in [4.69, 9.17) is 3.15 Å². The number of allylic oxidation sites excluding steroid dienone is 2. The summed E-state index contributed by atoms with van der Waals surface area (Å²) in [6.07, 6.45) is 2.22. The lowest BCUT2D eigenvalue weighted by molar-refractivity contribution is 1.53. The van der Waals surface area contributed by atoms with Crippen molar-refractivity contribution in [3.8, 4) is 0 Å². The van der Waals surface area contributed by atoms with Crippen LogP contribution in [0.3, 0.4) is 0 Å². The van der Waals surface area contributed by atoms with Gasteiger partial charge in [-0.3, -0.25) is 0 Å². The fraction of sp³-hybridized carbons (Fsp3) is 0. The third kappa shape index (κ3) is 2.34. The van der Waals surface area contributed by atoms with Crippen molar-refractivity contribution in [3.05, 3.63) is 81.9 Å². The second-order valence-corrected chi connectivity index (χ2v) is 5.73. The molecule has 0 radical (unpaired) electrons. The van der Waals surface area contributed by atoms with Gasteiger partial charge in [0.1, 0.15) is 0 Å². The zero-order valence-electron chi connectivity index (χ0n) is 9.75. The van der Waals surface area contributed by atoms with E-state index >= 15 is 0 Å². The Morgan fingerprint density at radius 3 is 2.00 bits per heavy atom. The van der Waals surface area contributed by atoms with Gasteiger partial charge in [-0.15, -0.1) is 0 Å². The molecule has 18 heavy (non-hydrogen) atoms. The van der Waals surface area contributed by atoms with Crippen LogP contribution in [0, 0.1) is 0 Å². The molecular weight excluding hydrogens is 333 g/mol. The van der Waals surface area contributed by atoms with E-state index in [1.165, 1.54) is 16.7 Å². The number of hydrogen-bond donors (Lipinski definition) is 0. The number of hydrogen-bond acceptors (Lipinski definition) is 1. The molecule has 0 aromatic heterocycles. The molecule has 0 amide bonds. The zero-order valence-corrected chi connectivity index (χ0v) is 11.9. The smallest absolute Gasteiger partial charge is 0.0842 e. The molecule has 0 unspecified atom stereocenters. The average Bonchev–Trinajstić information content (AvgIpc) is 2.49. The van der Waals surface area contributed by atoms with E-state index in [2.05, 4.69) is 58.7 Å². The largest absolute Gasteiger partial charge is 0.221 e. The molecule has 1 heterocycles. The molecular formula is C16H12IN. The highest BCUT2D eigenvalue weighted by Crippen LogP contribution is 2.34. The third-order valence-electron chi connectivity index (χ3n) is 2.81. The number of halogens is 1. The van der Waals surface area contributed by atoms with Gasteiger partial charge in [0.15, 0.2) is 0 Å². The molecule has 0 fully saturated rings. The van der Waals surface area contributed by atoms with E-state index in [1.807, 2.05) is 12.1 Å². The summed E-state index contributed by atoms with van der Waals surface area (Å²) in [7, 11) is 0. The Balaban J connectivity index is 2.17. The van der Waals surface area contributed by atoms with E-state index in [0.29, 0.717) is 0 Å². The maximum Gasteiger partial charge on any atom is 0.0842 e. The second kappa shape index (κ2) is 5.40. The first-order chi connectivity index (χ1) is 8.95. The van der Waals surface area contributed by atoms with Crippen molar-refractivity contribution in [1.82, 2.24) is 0 Å². The van der Waals surface area contributed by atoms with Gasteiger partial charge in [-0.2, -0.15) is 0 Å². The van der Waals surface area contributed by atoms with Crippen LogP contribution in [-0.2, 0) is 0 Å². The van der Waals surface area contributed by atoms with Crippen LogP contribution in [0.25, 0.3) is 11.3 Å². The van der Waals surface area contributed by atoms with Crippen molar-refractivity contribution < 1.29 is 0 Å². The van der Waals surface area contributed by atoms with E-state index in [-0.39, 0.29) is 21.0 Å². The molecule has 0 saturated carbocycles. The van der Waals surface area contributed by atoms with Gasteiger partial charge in [-0.25, -0.2) is 3.15 Å². The van der Waals surface area contributed by atoms with Crippen LogP contribution in [0.4, 0.5) is 0 Å². The zero-order chi connectivity index (χ0) is 12.2. The minimum Gasteiger partial charge on any atom is -0.221 e. The molecule has 0 spiro atoms. The Morgan fingerprint density at radius 2 is 1.33 bits per heavy atom. The van der Waals surface area contributed by atoms with Gasteiger partial charge < -0.3 is 0 Å². The quantitative estimate of drug-likeness (QED) is 0.661. The lowest BCUT2D eigenvalue weighted by Gasteiger charge is -2.11. The molecule has 1 aliphatic rings. The number of nitrogens with zero attached hydrogens (tertiary/aromatic N) is 1. The van der Waals surface area contributed by atoms with Crippen LogP contribution in [0.5, 0.6) is 0 Å². The SMILES string of the molecule is C1=CC(c2ccccc2)=C(c2ccccc2)N=I1. The Bertz CT molecular complexity index is 567. The molecule has 0 atom stereocenters. The van der Waals surface area contributed by atoms with Crippen LogP contribution < -0.4 is 0 Å². The van der Waals surface area contributed by atoms with Gasteiger partial charge in [-0.1, -0.05) is 60.7 Å². The lowest BCUT2D eigenvalue weighted by atomic mass is 10.00. The van der Waals surface area contributed by atoms with Crippen molar-refractivity contribution in [3.63, 3.8) is 0 Å². The molecule has 2 aromatic carbocycles. The monoisotopic (exact) mass is 345 g/mol. The van der Waals surface area contributed by atoms with Crippen molar-refractivity contribution >= 4 is 32.3 Å². The fourth-order valence-electron chi connectivity index (χ4n) is 1.94. The predicted octanol–water partition coefficient (Wildman–Crippen LogP) is 5.24. The highest BCUT2D eigenvalue weighted by molar-refractivity contribution is 14.2. The van der Waals surface area contributed by atoms with Gasteiger partial charge in [0.2, 0.25) is 0 Å². The van der Waals surface area contributed by atoms with E-state index in [1.54, 1.807) is 0 Å². The lowest BCUT2D eigenvalue weighted by Crippen LogP contribution is -1.89. The average molecular weight is 345 g/mol. The summed E-state index contributed by atoms with van der Waals surface area (Å²) >= 11 is -0.184. The van der Waals surface area contributed by atoms with Crippen molar-refractivity contribution in [2.45, 2.75) is 0 Å². The van der Waals surface area contributed by atoms with E-state index in [9.17, 15) is 0 Å². The summed E-state index contributed by atoms with van der Waals surface area (Å²) in [6, 6.07) is 20.9. The summed E-state index contributed by atoms with van der Waals surface area (Å²) in [5, 5.41) is 0. The Kier molecular flexibility index (Phi) is 3.46. The molecule has 1 aliphatic heterocycles. The summed E-state index contributed by atoms with van der Waals surface area (Å²) < 4.78 is 6.98. The Labute approximate surface area is 117 Å². The van der Waals surface area contributed by atoms with Crippen molar-refractivity contribution in [2.75, 3.05) is 0 Å². The Hall–Kier alpha value is -1.55. The molecule has 0 saturated heterocycles. The van der Waals surface area contributed by atoms with Crippen LogP contribution in [0.2, 0.25) is 0 Å². The second-order valence-electron chi connectivity index (χ2n) is 3.97. The van der Waals surface area contributed by atoms with Gasteiger partial charge in [0.25, 0.3) is 0 Å². The maximum atomic E-state index is 4.76. The minimum atomic E-state index is -0.184. The summed E-state index contributed by atoms with van der Waals surface area (Å²) in [6.45, 7) is 0. The first-order valence-corrected chi connectivity index (χ1v) is 8.01. The molecule has 3 rings (SSSR count). The minimum absolute atomic E-state index is 0.184. The highest BCUT2D eigenvalue weighted by atomic mass is 127. The van der Waals surface area contributed by atoms with Gasteiger partial charge in [0, 0.05) is 32.2 Å². The molecule has 88 valence electrons. The van der Waals surface area contributed by atoms with Crippen molar-refractivity contribution in [2.24, 2.45) is 3.15 Å². The van der Waals surface area contributed by atoms with Crippen molar-refractivity contribution in [1.29, 1.82) is 0 Å². The predicted molar refractivity (Wildman–Crippen MR) is 85.3 cm³/mol. The first kappa shape index (κ1) is 11.5. The van der Waals surface area contributed by atoms with Crippen LogP contribution in [0.1, 0.15) is 11.1 Å². The van der Waals surface area contributed by atoms with Gasteiger partial charge in [0.05, 0.1) is 5.70 Å². The summed E-state index contributed by atoms with van der Waals surface area (Å²) in [5.41, 5.74) is 4.81. The molecule has 2 heteroatoms. The van der Waals surface area contributed by atoms with Gasteiger partial charge >= 0.3 is 0 Å². The normalized spacial score (nSPS) is 14.4. The summed E-state index contributed by atoms with van der Waals surface area (Å²) in [5.74, 6) is 0. The molecule has 0 aliphatic carbocycles. The standard InChI is InChI=1S/C16H12IN/c1-3-7-13(8-4-1)15-11-12-17-18-16(15)14-9-5-2-6-10-14/h1-12H. The number of benzene rings is 2. The molecule has 1 nitrogen and oxygen atoms in total. The fourth-order valence-corrected chi connectivity index (χ4v) is 3.44. The molecule has 2 aromatic rings. The number of rotatable bonds is 2. The van der Waals surface area contributed by atoms with Gasteiger partial charge in [-0.05, 0) is 15.7 Å². The van der Waals surface area contributed by atoms with E-state index in [0.717, 1.165) is 5.70 Å². The third-order valence-corrected chi connectivity index (χ3v) is 4.25. The Morgan fingerprint density at radius 1 is 0.722 bits per heavy atom. The summed E-state index contributed by atoms with van der Waals surface area (Å²) in [4.78, 5) is 0. The van der Waals surface area contributed by atoms with Crippen LogP contribution in [0.15, 0.2) is 74.0 Å². The van der Waals surface area contributed by atoms with Crippen LogP contribution >= 0.6 is 21.0 Å². The highest BCUT2D eigenvalue weighted by Gasteiger charge is 2.10. The molecule has 0 bridgehead atoms. The van der Waals surface area contributed by atoms with Crippen LogP contribution in [-0.4, -0.2) is 0 Å². The molecule has 0 N–H and O–H groups in total. The first-order valence-electron chi connectivity index (χ1n) is 5.80. The maximum absolute atomic E-state index is 4.76. The van der Waals surface area contributed by atoms with E-state index < -0.39 is 0 Å². The topological polar surface area (TPSA) is 12.4 Å².